The predicted molar refractivity (Wildman–Crippen MR) is 126 cm³/mol. The van der Waals surface area contributed by atoms with Crippen molar-refractivity contribution in [2.24, 2.45) is 0 Å². The molecule has 1 unspecified atom stereocenters. The lowest BCUT2D eigenvalue weighted by Crippen LogP contribution is -2.52. The number of nitrogens with zero attached hydrogens (tertiary/aromatic N) is 1. The molecule has 3 atom stereocenters. The number of fused-ring (bicyclic) bond motifs is 3. The number of hydrogen-bond acceptors (Lipinski definition) is 4. The van der Waals surface area contributed by atoms with Gasteiger partial charge in [-0.3, -0.25) is 9.69 Å². The lowest BCUT2D eigenvalue weighted by Gasteiger charge is -2.39. The van der Waals surface area contributed by atoms with Gasteiger partial charge in [0.1, 0.15) is 10.6 Å². The Morgan fingerprint density at radius 1 is 0.925 bits per heavy atom. The second-order valence-corrected chi connectivity index (χ2v) is 12.6. The summed E-state index contributed by atoms with van der Waals surface area (Å²) in [6, 6.07) is 4.05. The highest BCUT2D eigenvalue weighted by atomic mass is 32.2. The lowest BCUT2D eigenvalue weighted by atomic mass is 9.84. The van der Waals surface area contributed by atoms with Crippen molar-refractivity contribution in [1.82, 2.24) is 10.2 Å². The van der Waals surface area contributed by atoms with Gasteiger partial charge >= 0.3 is 18.0 Å². The Kier molecular flexibility index (Phi) is 6.76. The van der Waals surface area contributed by atoms with E-state index >= 15 is 0 Å². The second kappa shape index (κ2) is 9.40. The number of nitrogens with one attached hydrogen (secondary N) is 1. The fraction of sp³-hybridized carbons (Fsp3) is 0.500. The van der Waals surface area contributed by atoms with Crippen LogP contribution in [-0.2, 0) is 31.5 Å². The molecule has 2 aromatic carbocycles. The first-order valence-corrected chi connectivity index (χ1v) is 14.0. The van der Waals surface area contributed by atoms with Crippen molar-refractivity contribution >= 4 is 15.7 Å². The topological polar surface area (TPSA) is 66.5 Å². The Morgan fingerprint density at radius 3 is 2.15 bits per heavy atom. The van der Waals surface area contributed by atoms with Crippen molar-refractivity contribution < 1.29 is 48.3 Å². The van der Waals surface area contributed by atoms with Crippen LogP contribution in [-0.4, -0.2) is 56.8 Å². The SMILES string of the molecule is O=C1NCCC1N1CC[C@@]2(S(=O)(=O)c3ccc(F)cc3)c3ccc(C(F)(C(F)(F)F)C(F)(F)F)cc3CCC[C@@H]12. The van der Waals surface area contributed by atoms with Gasteiger partial charge < -0.3 is 5.32 Å². The lowest BCUT2D eigenvalue weighted by molar-refractivity contribution is -0.348. The molecule has 2 heterocycles. The van der Waals surface area contributed by atoms with Gasteiger partial charge in [0, 0.05) is 24.7 Å². The van der Waals surface area contributed by atoms with Crippen LogP contribution in [0.4, 0.5) is 35.1 Å². The number of alkyl halides is 7. The molecule has 0 spiro atoms. The molecule has 14 heteroatoms. The average molecular weight is 597 g/mol. The highest BCUT2D eigenvalue weighted by Crippen LogP contribution is 2.56. The van der Waals surface area contributed by atoms with Gasteiger partial charge in [-0.25, -0.2) is 17.2 Å². The second-order valence-electron chi connectivity index (χ2n) is 10.4. The monoisotopic (exact) mass is 596 g/mol. The number of benzene rings is 2. The van der Waals surface area contributed by atoms with Crippen LogP contribution in [0.2, 0.25) is 0 Å². The van der Waals surface area contributed by atoms with E-state index in [1.807, 2.05) is 0 Å². The summed E-state index contributed by atoms with van der Waals surface area (Å²) < 4.78 is 137. The van der Waals surface area contributed by atoms with Crippen LogP contribution < -0.4 is 5.32 Å². The molecule has 3 aliphatic rings. The van der Waals surface area contributed by atoms with Crippen LogP contribution in [0, 0.1) is 5.82 Å². The van der Waals surface area contributed by atoms with E-state index in [0.29, 0.717) is 25.1 Å². The molecule has 5 rings (SSSR count). The first-order chi connectivity index (χ1) is 18.6. The fourth-order valence-electron chi connectivity index (χ4n) is 6.55. The highest BCUT2D eigenvalue weighted by Gasteiger charge is 2.73. The van der Waals surface area contributed by atoms with E-state index in [1.54, 1.807) is 4.90 Å². The van der Waals surface area contributed by atoms with Crippen molar-refractivity contribution in [2.75, 3.05) is 13.1 Å². The van der Waals surface area contributed by atoms with Gasteiger partial charge in [0.25, 0.3) is 0 Å². The maximum Gasteiger partial charge on any atom is 0.435 e. The Hall–Kier alpha value is -2.74. The molecule has 0 saturated carbocycles. The first kappa shape index (κ1) is 28.8. The Balaban J connectivity index is 1.74. The third-order valence-corrected chi connectivity index (χ3v) is 10.9. The third-order valence-electron chi connectivity index (χ3n) is 8.37. The van der Waals surface area contributed by atoms with Gasteiger partial charge in [-0.05, 0) is 67.5 Å². The van der Waals surface area contributed by atoms with Crippen LogP contribution in [0.1, 0.15) is 42.4 Å². The number of carbonyl (C=O) groups excluding carboxylic acids is 1. The Bertz CT molecular complexity index is 1410. The zero-order valence-corrected chi connectivity index (χ0v) is 21.6. The van der Waals surface area contributed by atoms with Crippen LogP contribution >= 0.6 is 0 Å². The Morgan fingerprint density at radius 2 is 1.57 bits per heavy atom. The number of aryl methyl sites for hydroxylation is 1. The zero-order valence-electron chi connectivity index (χ0n) is 20.7. The van der Waals surface area contributed by atoms with Crippen molar-refractivity contribution in [3.63, 3.8) is 0 Å². The first-order valence-electron chi connectivity index (χ1n) is 12.6. The molecule has 218 valence electrons. The number of likely N-dealkylation sites (tertiary alicyclic amines) is 1. The van der Waals surface area contributed by atoms with Crippen LogP contribution in [0.5, 0.6) is 0 Å². The maximum absolute atomic E-state index is 15.0. The number of carbonyl (C=O) groups is 1. The molecule has 5 nitrogen and oxygen atoms in total. The molecule has 1 N–H and O–H groups in total. The molecule has 1 amide bonds. The number of hydrogen-bond donors (Lipinski definition) is 1. The molecule has 40 heavy (non-hydrogen) atoms. The summed E-state index contributed by atoms with van der Waals surface area (Å²) in [7, 11) is -4.48. The minimum atomic E-state index is -6.33. The summed E-state index contributed by atoms with van der Waals surface area (Å²) >= 11 is 0. The summed E-state index contributed by atoms with van der Waals surface area (Å²) in [6.07, 6.45) is -12.2. The number of sulfone groups is 1. The van der Waals surface area contributed by atoms with E-state index in [1.165, 1.54) is 0 Å². The quantitative estimate of drug-likeness (QED) is 0.395. The van der Waals surface area contributed by atoms with Crippen molar-refractivity contribution in [2.45, 2.75) is 71.9 Å². The van der Waals surface area contributed by atoms with Crippen molar-refractivity contribution in [3.05, 3.63) is 65.0 Å². The molecule has 0 radical (unpaired) electrons. The summed E-state index contributed by atoms with van der Waals surface area (Å²) in [5.41, 5.74) is -7.56. The average Bonchev–Trinajstić information content (AvgIpc) is 3.41. The maximum atomic E-state index is 15.0. The molecule has 2 fully saturated rings. The van der Waals surface area contributed by atoms with E-state index in [9.17, 15) is 48.3 Å². The van der Waals surface area contributed by atoms with Gasteiger partial charge in [-0.15, -0.1) is 0 Å². The third kappa shape index (κ3) is 4.04. The standard InChI is InChI=1S/C26H24F8N2O3S/c27-17-5-7-18(8-6-17)40(38,39)23-11-13-36(20-10-12-35-22(20)37)21(23)3-1-2-15-14-16(4-9-19(15)23)24(28,25(29,30)31)26(32,33)34/h4-9,14,20-21H,1-3,10-13H2,(H,35,37)/t20?,21-,23-/m1/s1. The number of halogens is 8. The molecule has 2 saturated heterocycles. The summed E-state index contributed by atoms with van der Waals surface area (Å²) in [6.45, 7) is 0.459. The smallest absolute Gasteiger partial charge is 0.355 e. The predicted octanol–water partition coefficient (Wildman–Crippen LogP) is 5.08. The van der Waals surface area contributed by atoms with Crippen LogP contribution in [0.3, 0.4) is 0 Å². The zero-order chi connectivity index (χ0) is 29.3. The van der Waals surface area contributed by atoms with E-state index in [2.05, 4.69) is 5.32 Å². The van der Waals surface area contributed by atoms with Gasteiger partial charge in [0.15, 0.2) is 9.84 Å². The van der Waals surface area contributed by atoms with Crippen LogP contribution in [0.25, 0.3) is 0 Å². The molecule has 0 aromatic heterocycles. The molecule has 2 aromatic rings. The fourth-order valence-corrected chi connectivity index (χ4v) is 8.93. The number of rotatable bonds is 4. The van der Waals surface area contributed by atoms with Gasteiger partial charge in [-0.1, -0.05) is 18.2 Å². The Labute approximate surface area is 224 Å². The van der Waals surface area contributed by atoms with Gasteiger partial charge in [0.05, 0.1) is 10.9 Å². The van der Waals surface area contributed by atoms with E-state index in [0.717, 1.165) is 30.3 Å². The largest absolute Gasteiger partial charge is 0.435 e. The minimum absolute atomic E-state index is 0.0457. The van der Waals surface area contributed by atoms with E-state index in [4.69, 9.17) is 0 Å². The normalized spacial score (nSPS) is 26.2. The van der Waals surface area contributed by atoms with E-state index in [-0.39, 0.29) is 54.2 Å². The molecule has 0 bridgehead atoms. The number of amides is 1. The highest BCUT2D eigenvalue weighted by molar-refractivity contribution is 7.92. The van der Waals surface area contributed by atoms with Gasteiger partial charge in [-0.2, -0.15) is 26.3 Å². The summed E-state index contributed by atoms with van der Waals surface area (Å²) in [5, 5.41) is 2.69. The molecule has 2 aliphatic heterocycles. The molecular weight excluding hydrogens is 572 g/mol. The van der Waals surface area contributed by atoms with E-state index < -0.39 is 56.1 Å². The molecular formula is C26H24F8N2O3S. The van der Waals surface area contributed by atoms with Crippen LogP contribution in [0.15, 0.2) is 47.4 Å². The van der Waals surface area contributed by atoms with Crippen molar-refractivity contribution in [3.8, 4) is 0 Å². The summed E-state index contributed by atoms with van der Waals surface area (Å²) in [5.74, 6) is -1.03. The minimum Gasteiger partial charge on any atom is -0.355 e. The van der Waals surface area contributed by atoms with Gasteiger partial charge in [0.2, 0.25) is 5.91 Å². The summed E-state index contributed by atoms with van der Waals surface area (Å²) in [4.78, 5) is 14.0. The van der Waals surface area contributed by atoms with Crippen molar-refractivity contribution in [1.29, 1.82) is 0 Å². The molecule has 1 aliphatic carbocycles.